The highest BCUT2D eigenvalue weighted by atomic mass is 28.4. The van der Waals surface area contributed by atoms with Gasteiger partial charge in [-0.3, -0.25) is 9.59 Å². The average Bonchev–Trinajstić information content (AvgIpc) is 3.16. The molecule has 2 heterocycles. The van der Waals surface area contributed by atoms with Gasteiger partial charge in [0.15, 0.2) is 16.6 Å². The molecule has 5 atom stereocenters. The number of carbonyl (C=O) groups is 3. The smallest absolute Gasteiger partial charge is 0.410 e. The number of hydrogen-bond acceptors (Lipinski definition) is 6. The standard InChI is InChI=1S/C29H54N2O6Si2/c1-13-14-35-27(34)31-18-21(15-22(31)19-36-38(9,10)28(3,4)5)16-23(32)17-24-25(26(33)30-24)20(2)37-39(11,12)29(6,7)8/h13,20-22,24-25H,1,14-19H2,2-12H3,(H,30,33)/t20-,21-,22+,24-,25-/m1/s1. The minimum absolute atomic E-state index is 0.0249. The lowest BCUT2D eigenvalue weighted by Crippen LogP contribution is -2.64. The first-order valence-corrected chi connectivity index (χ1v) is 20.2. The van der Waals surface area contributed by atoms with Gasteiger partial charge in [0.25, 0.3) is 0 Å². The van der Waals surface area contributed by atoms with Gasteiger partial charge in [0.1, 0.15) is 12.4 Å². The fraction of sp³-hybridized carbons (Fsp3) is 0.828. The monoisotopic (exact) mass is 582 g/mol. The van der Waals surface area contributed by atoms with Crippen LogP contribution >= 0.6 is 0 Å². The third-order valence-corrected chi connectivity index (χ3v) is 18.4. The van der Waals surface area contributed by atoms with Crippen molar-refractivity contribution in [2.45, 2.75) is 122 Å². The molecule has 0 saturated carbocycles. The van der Waals surface area contributed by atoms with Gasteiger partial charge in [0.05, 0.1) is 24.7 Å². The first kappa shape index (κ1) is 33.7. The molecule has 1 N–H and O–H groups in total. The van der Waals surface area contributed by atoms with E-state index < -0.39 is 22.7 Å². The van der Waals surface area contributed by atoms with Crippen LogP contribution in [0.15, 0.2) is 12.7 Å². The lowest BCUT2D eigenvalue weighted by atomic mass is 9.82. The van der Waals surface area contributed by atoms with Gasteiger partial charge in [-0.25, -0.2) is 4.79 Å². The number of carbonyl (C=O) groups excluding carboxylic acids is 3. The third-order valence-electron chi connectivity index (χ3n) is 9.32. The Kier molecular flexibility index (Phi) is 10.9. The number of nitrogens with zero attached hydrogens (tertiary/aromatic N) is 1. The molecule has 0 radical (unpaired) electrons. The van der Waals surface area contributed by atoms with E-state index >= 15 is 0 Å². The van der Waals surface area contributed by atoms with Crippen LogP contribution in [-0.4, -0.2) is 77.3 Å². The molecule has 8 nitrogen and oxygen atoms in total. The predicted octanol–water partition coefficient (Wildman–Crippen LogP) is 5.90. The van der Waals surface area contributed by atoms with E-state index in [9.17, 15) is 14.4 Å². The number of Topliss-reactive ketones (excluding diaryl/α,β-unsaturated/α-hetero) is 1. The largest absolute Gasteiger partial charge is 0.445 e. The zero-order valence-electron chi connectivity index (χ0n) is 26.3. The highest BCUT2D eigenvalue weighted by Gasteiger charge is 2.48. The number of amides is 2. The number of ketones is 1. The summed E-state index contributed by atoms with van der Waals surface area (Å²) in [5.41, 5.74) is 0. The Bertz CT molecular complexity index is 908. The van der Waals surface area contributed by atoms with E-state index in [-0.39, 0.29) is 64.8 Å². The Morgan fingerprint density at radius 2 is 1.67 bits per heavy atom. The second-order valence-electron chi connectivity index (χ2n) is 14.5. The lowest BCUT2D eigenvalue weighted by molar-refractivity contribution is -0.141. The summed E-state index contributed by atoms with van der Waals surface area (Å²) in [4.78, 5) is 40.1. The Labute approximate surface area is 238 Å². The fourth-order valence-corrected chi connectivity index (χ4v) is 7.29. The highest BCUT2D eigenvalue weighted by molar-refractivity contribution is 6.74. The second kappa shape index (κ2) is 12.6. The summed E-state index contributed by atoms with van der Waals surface area (Å²) in [6.07, 6.45) is 2.25. The maximum absolute atomic E-state index is 13.2. The zero-order chi connectivity index (χ0) is 30.0. The number of hydrogen-bond donors (Lipinski definition) is 1. The van der Waals surface area contributed by atoms with Crippen LogP contribution in [0.1, 0.15) is 67.7 Å². The van der Waals surface area contributed by atoms with Gasteiger partial charge in [-0.1, -0.05) is 54.2 Å². The van der Waals surface area contributed by atoms with Crippen LogP contribution in [0.4, 0.5) is 4.79 Å². The minimum Gasteiger partial charge on any atom is -0.445 e. The van der Waals surface area contributed by atoms with Gasteiger partial charge in [0, 0.05) is 25.4 Å². The molecule has 2 rings (SSSR count). The van der Waals surface area contributed by atoms with Crippen LogP contribution < -0.4 is 5.32 Å². The number of rotatable bonds is 12. The van der Waals surface area contributed by atoms with Crippen LogP contribution in [-0.2, 0) is 23.2 Å². The molecule has 0 aromatic carbocycles. The van der Waals surface area contributed by atoms with Crippen molar-refractivity contribution in [3.8, 4) is 0 Å². The average molecular weight is 583 g/mol. The van der Waals surface area contributed by atoms with E-state index in [1.807, 2.05) is 6.92 Å². The molecule has 0 unspecified atom stereocenters. The summed E-state index contributed by atoms with van der Waals surface area (Å²) in [7, 11) is -4.04. The Balaban J connectivity index is 2.01. The summed E-state index contributed by atoms with van der Waals surface area (Å²) in [5.74, 6) is -0.238. The first-order valence-electron chi connectivity index (χ1n) is 14.4. The van der Waals surface area contributed by atoms with Crippen molar-refractivity contribution in [3.63, 3.8) is 0 Å². The van der Waals surface area contributed by atoms with Crippen LogP contribution in [0, 0.1) is 11.8 Å². The van der Waals surface area contributed by atoms with Gasteiger partial charge in [-0.2, -0.15) is 0 Å². The number of ether oxygens (including phenoxy) is 1. The molecule has 2 amide bonds. The summed E-state index contributed by atoms with van der Waals surface area (Å²) < 4.78 is 18.3. The molecule has 0 spiro atoms. The SMILES string of the molecule is C=CCOC(=O)N1C[C@@H](CC(=O)C[C@H]2NC(=O)[C@@H]2[C@@H](C)O[Si](C)(C)C(C)(C)C)C[C@H]1CO[Si](C)(C)C(C)(C)C. The molecule has 2 fully saturated rings. The van der Waals surface area contributed by atoms with Gasteiger partial charge in [0.2, 0.25) is 5.91 Å². The van der Waals surface area contributed by atoms with Crippen LogP contribution in [0.2, 0.25) is 36.3 Å². The molecule has 224 valence electrons. The zero-order valence-corrected chi connectivity index (χ0v) is 28.3. The normalized spacial score (nSPS) is 25.1. The quantitative estimate of drug-likeness (QED) is 0.175. The predicted molar refractivity (Wildman–Crippen MR) is 161 cm³/mol. The molecule has 0 aliphatic carbocycles. The molecule has 2 aliphatic heterocycles. The van der Waals surface area contributed by atoms with Crippen molar-refractivity contribution in [1.29, 1.82) is 0 Å². The first-order chi connectivity index (χ1) is 17.7. The second-order valence-corrected chi connectivity index (χ2v) is 24.1. The van der Waals surface area contributed by atoms with Crippen molar-refractivity contribution in [1.82, 2.24) is 10.2 Å². The maximum atomic E-state index is 13.2. The highest BCUT2D eigenvalue weighted by Crippen LogP contribution is 2.40. The number of β-lactam (4-membered cyclic amide) rings is 1. The summed E-state index contributed by atoms with van der Waals surface area (Å²) in [6.45, 7) is 28.5. The molecule has 10 heteroatoms. The van der Waals surface area contributed by atoms with Crippen LogP contribution in [0.5, 0.6) is 0 Å². The molecule has 0 bridgehead atoms. The van der Waals surface area contributed by atoms with Crippen molar-refractivity contribution in [3.05, 3.63) is 12.7 Å². The molecule has 0 aromatic heterocycles. The maximum Gasteiger partial charge on any atom is 0.410 e. The van der Waals surface area contributed by atoms with E-state index in [1.165, 1.54) is 0 Å². The van der Waals surface area contributed by atoms with Crippen molar-refractivity contribution < 1.29 is 28.0 Å². The minimum atomic E-state index is -2.04. The summed E-state index contributed by atoms with van der Waals surface area (Å²) in [6, 6.07) is -0.346. The topological polar surface area (TPSA) is 94.2 Å². The fourth-order valence-electron chi connectivity index (χ4n) is 4.82. The molecular weight excluding hydrogens is 528 g/mol. The molecular formula is C29H54N2O6Si2. The van der Waals surface area contributed by atoms with Crippen molar-refractivity contribution in [2.75, 3.05) is 19.8 Å². The van der Waals surface area contributed by atoms with E-state index in [0.717, 1.165) is 0 Å². The van der Waals surface area contributed by atoms with E-state index in [4.69, 9.17) is 13.6 Å². The number of nitrogens with one attached hydrogen (secondary N) is 1. The molecule has 2 aliphatic rings. The Hall–Kier alpha value is -1.50. The third kappa shape index (κ3) is 8.50. The Morgan fingerprint density at radius 3 is 2.18 bits per heavy atom. The van der Waals surface area contributed by atoms with Crippen LogP contribution in [0.3, 0.4) is 0 Å². The lowest BCUT2D eigenvalue weighted by Gasteiger charge is -2.45. The van der Waals surface area contributed by atoms with Gasteiger partial charge < -0.3 is 23.8 Å². The Morgan fingerprint density at radius 1 is 1.08 bits per heavy atom. The molecule has 39 heavy (non-hydrogen) atoms. The molecule has 2 saturated heterocycles. The van der Waals surface area contributed by atoms with Crippen molar-refractivity contribution in [2.24, 2.45) is 11.8 Å². The van der Waals surface area contributed by atoms with Gasteiger partial charge in [-0.15, -0.1) is 0 Å². The van der Waals surface area contributed by atoms with E-state index in [1.54, 1.807) is 11.0 Å². The van der Waals surface area contributed by atoms with Gasteiger partial charge >= 0.3 is 6.09 Å². The van der Waals surface area contributed by atoms with Gasteiger partial charge in [-0.05, 0) is 55.5 Å². The van der Waals surface area contributed by atoms with Crippen LogP contribution in [0.25, 0.3) is 0 Å². The summed E-state index contributed by atoms with van der Waals surface area (Å²) in [5, 5.41) is 3.03. The van der Waals surface area contributed by atoms with E-state index in [0.29, 0.717) is 26.0 Å². The number of likely N-dealkylation sites (tertiary alicyclic amines) is 1. The molecule has 0 aromatic rings. The summed E-state index contributed by atoms with van der Waals surface area (Å²) >= 11 is 0. The van der Waals surface area contributed by atoms with Crippen molar-refractivity contribution >= 4 is 34.4 Å². The van der Waals surface area contributed by atoms with E-state index in [2.05, 4.69) is 79.6 Å².